The molecule has 126 valence electrons. The third-order valence-corrected chi connectivity index (χ3v) is 4.93. The molecule has 1 heterocycles. The second kappa shape index (κ2) is 7.37. The molecular weight excluding hydrogens is 312 g/mol. The number of amides is 1. The van der Waals surface area contributed by atoms with Gasteiger partial charge in [-0.3, -0.25) is 4.79 Å². The Morgan fingerprint density at radius 1 is 1.39 bits per heavy atom. The first-order chi connectivity index (χ1) is 10.6. The minimum absolute atomic E-state index is 0. The van der Waals surface area contributed by atoms with Crippen LogP contribution in [0.2, 0.25) is 0 Å². The van der Waals surface area contributed by atoms with Gasteiger partial charge in [-0.15, -0.1) is 12.4 Å². The second-order valence-electron chi connectivity index (χ2n) is 6.35. The molecule has 1 saturated carbocycles. The summed E-state index contributed by atoms with van der Waals surface area (Å²) in [6.45, 7) is 4.62. The summed E-state index contributed by atoms with van der Waals surface area (Å²) >= 11 is 0. The van der Waals surface area contributed by atoms with Crippen LogP contribution in [0.1, 0.15) is 43.6 Å². The number of hydrogen-bond acceptors (Lipinski definition) is 3. The van der Waals surface area contributed by atoms with Crippen molar-refractivity contribution in [3.8, 4) is 0 Å². The van der Waals surface area contributed by atoms with E-state index in [0.717, 1.165) is 41.6 Å². The normalized spacial score (nSPS) is 21.9. The molecule has 5 heteroatoms. The maximum Gasteiger partial charge on any atom is 0.224 e. The van der Waals surface area contributed by atoms with Crippen LogP contribution in [0, 0.1) is 18.8 Å². The lowest BCUT2D eigenvalue weighted by Gasteiger charge is -2.20. The van der Waals surface area contributed by atoms with E-state index in [1.807, 2.05) is 38.1 Å². The van der Waals surface area contributed by atoms with Crippen LogP contribution in [-0.4, -0.2) is 12.5 Å². The fourth-order valence-corrected chi connectivity index (χ4v) is 3.66. The quantitative estimate of drug-likeness (QED) is 0.894. The number of carbonyl (C=O) groups is 1. The Balaban J connectivity index is 0.00000192. The SMILES string of the molecule is Cc1c(C(C)NC(=O)[C@@H]2CCC[C@@H]2CN)oc2ccccc12.Cl. The van der Waals surface area contributed by atoms with Crippen molar-refractivity contribution in [2.45, 2.75) is 39.2 Å². The van der Waals surface area contributed by atoms with Gasteiger partial charge in [0, 0.05) is 16.9 Å². The molecule has 0 aliphatic heterocycles. The van der Waals surface area contributed by atoms with Gasteiger partial charge in [0.2, 0.25) is 5.91 Å². The first-order valence-electron chi connectivity index (χ1n) is 8.10. The van der Waals surface area contributed by atoms with E-state index in [1.54, 1.807) is 0 Å². The third kappa shape index (κ3) is 3.38. The average Bonchev–Trinajstić information content (AvgIpc) is 3.12. The number of fused-ring (bicyclic) bond motifs is 1. The molecule has 1 unspecified atom stereocenters. The molecule has 1 aliphatic rings. The van der Waals surface area contributed by atoms with Crippen LogP contribution in [0.5, 0.6) is 0 Å². The number of nitrogens with two attached hydrogens (primary N) is 1. The Morgan fingerprint density at radius 2 is 2.13 bits per heavy atom. The highest BCUT2D eigenvalue weighted by Crippen LogP contribution is 2.33. The van der Waals surface area contributed by atoms with Crippen LogP contribution in [0.25, 0.3) is 11.0 Å². The number of furan rings is 1. The number of aryl methyl sites for hydroxylation is 1. The number of hydrogen-bond donors (Lipinski definition) is 2. The summed E-state index contributed by atoms with van der Waals surface area (Å²) in [4.78, 5) is 12.5. The highest BCUT2D eigenvalue weighted by atomic mass is 35.5. The molecule has 3 N–H and O–H groups in total. The predicted octanol–water partition coefficient (Wildman–Crippen LogP) is 3.72. The molecule has 3 rings (SSSR count). The smallest absolute Gasteiger partial charge is 0.224 e. The summed E-state index contributed by atoms with van der Waals surface area (Å²) in [5.74, 6) is 1.33. The topological polar surface area (TPSA) is 68.3 Å². The second-order valence-corrected chi connectivity index (χ2v) is 6.35. The Morgan fingerprint density at radius 3 is 2.83 bits per heavy atom. The molecule has 3 atom stereocenters. The third-order valence-electron chi connectivity index (χ3n) is 4.93. The van der Waals surface area contributed by atoms with E-state index in [1.165, 1.54) is 0 Å². The minimum atomic E-state index is -0.126. The summed E-state index contributed by atoms with van der Waals surface area (Å²) in [7, 11) is 0. The van der Waals surface area contributed by atoms with Crippen molar-refractivity contribution in [3.63, 3.8) is 0 Å². The van der Waals surface area contributed by atoms with E-state index >= 15 is 0 Å². The fourth-order valence-electron chi connectivity index (χ4n) is 3.66. The van der Waals surface area contributed by atoms with Crippen molar-refractivity contribution in [3.05, 3.63) is 35.6 Å². The highest BCUT2D eigenvalue weighted by Gasteiger charge is 2.33. The number of rotatable bonds is 4. The van der Waals surface area contributed by atoms with Crippen molar-refractivity contribution >= 4 is 29.3 Å². The Kier molecular flexibility index (Phi) is 5.71. The van der Waals surface area contributed by atoms with Crippen LogP contribution < -0.4 is 11.1 Å². The highest BCUT2D eigenvalue weighted by molar-refractivity contribution is 5.85. The van der Waals surface area contributed by atoms with Gasteiger partial charge in [0.05, 0.1) is 6.04 Å². The first-order valence-corrected chi connectivity index (χ1v) is 8.10. The van der Waals surface area contributed by atoms with Gasteiger partial charge in [0.25, 0.3) is 0 Å². The van der Waals surface area contributed by atoms with E-state index in [9.17, 15) is 4.79 Å². The number of nitrogens with one attached hydrogen (secondary N) is 1. The fraction of sp³-hybridized carbons (Fsp3) is 0.500. The molecule has 1 amide bonds. The molecule has 0 spiro atoms. The summed E-state index contributed by atoms with van der Waals surface area (Å²) in [6.07, 6.45) is 3.10. The van der Waals surface area contributed by atoms with Gasteiger partial charge in [-0.25, -0.2) is 0 Å². The van der Waals surface area contributed by atoms with E-state index in [0.29, 0.717) is 12.5 Å². The van der Waals surface area contributed by atoms with Gasteiger partial charge in [-0.05, 0) is 45.2 Å². The number of carbonyl (C=O) groups excluding carboxylic acids is 1. The van der Waals surface area contributed by atoms with Crippen LogP contribution in [0.4, 0.5) is 0 Å². The average molecular weight is 337 g/mol. The molecule has 23 heavy (non-hydrogen) atoms. The van der Waals surface area contributed by atoms with Gasteiger partial charge < -0.3 is 15.5 Å². The zero-order valence-corrected chi connectivity index (χ0v) is 14.5. The van der Waals surface area contributed by atoms with Crippen LogP contribution >= 0.6 is 12.4 Å². The van der Waals surface area contributed by atoms with Gasteiger partial charge in [-0.2, -0.15) is 0 Å². The number of benzene rings is 1. The molecule has 0 bridgehead atoms. The predicted molar refractivity (Wildman–Crippen MR) is 94.6 cm³/mol. The van der Waals surface area contributed by atoms with Crippen LogP contribution in [-0.2, 0) is 4.79 Å². The first kappa shape index (κ1) is 17.8. The summed E-state index contributed by atoms with van der Waals surface area (Å²) in [5.41, 5.74) is 7.75. The minimum Gasteiger partial charge on any atom is -0.459 e. The summed E-state index contributed by atoms with van der Waals surface area (Å²) in [6, 6.07) is 7.85. The van der Waals surface area contributed by atoms with Crippen molar-refractivity contribution in [2.75, 3.05) is 6.54 Å². The maximum atomic E-state index is 12.5. The van der Waals surface area contributed by atoms with Gasteiger partial charge in [0.1, 0.15) is 11.3 Å². The van der Waals surface area contributed by atoms with Crippen molar-refractivity contribution in [1.82, 2.24) is 5.32 Å². The van der Waals surface area contributed by atoms with Crippen LogP contribution in [0.15, 0.2) is 28.7 Å². The molecule has 0 radical (unpaired) electrons. The van der Waals surface area contributed by atoms with Crippen LogP contribution in [0.3, 0.4) is 0 Å². The Hall–Kier alpha value is -1.52. The molecule has 2 aromatic rings. The number of para-hydroxylation sites is 1. The van der Waals surface area contributed by atoms with Crippen molar-refractivity contribution in [1.29, 1.82) is 0 Å². The molecule has 1 aromatic carbocycles. The number of halogens is 1. The summed E-state index contributed by atoms with van der Waals surface area (Å²) in [5, 5.41) is 4.23. The van der Waals surface area contributed by atoms with Crippen molar-refractivity contribution in [2.24, 2.45) is 17.6 Å². The van der Waals surface area contributed by atoms with E-state index < -0.39 is 0 Å². The lowest BCUT2D eigenvalue weighted by molar-refractivity contribution is -0.126. The van der Waals surface area contributed by atoms with E-state index in [-0.39, 0.29) is 30.3 Å². The Bertz CT molecular complexity index is 683. The van der Waals surface area contributed by atoms with Gasteiger partial charge in [0.15, 0.2) is 0 Å². The van der Waals surface area contributed by atoms with E-state index in [4.69, 9.17) is 10.2 Å². The van der Waals surface area contributed by atoms with Gasteiger partial charge in [-0.1, -0.05) is 24.6 Å². The summed E-state index contributed by atoms with van der Waals surface area (Å²) < 4.78 is 5.94. The molecule has 4 nitrogen and oxygen atoms in total. The molecular formula is C18H25ClN2O2. The standard InChI is InChI=1S/C18H24N2O2.ClH/c1-11-14-7-3-4-9-16(14)22-17(11)12(2)20-18(21)15-8-5-6-13(15)10-19;/h3-4,7,9,12-13,15H,5-6,8,10,19H2,1-2H3,(H,20,21);1H/t12?,13-,15-;/m1./s1. The molecule has 1 aromatic heterocycles. The molecule has 0 saturated heterocycles. The van der Waals surface area contributed by atoms with Gasteiger partial charge >= 0.3 is 0 Å². The van der Waals surface area contributed by atoms with E-state index in [2.05, 4.69) is 5.32 Å². The molecule has 1 fully saturated rings. The lowest BCUT2D eigenvalue weighted by Crippen LogP contribution is -2.36. The largest absolute Gasteiger partial charge is 0.459 e. The zero-order chi connectivity index (χ0) is 15.7. The molecule has 1 aliphatic carbocycles. The van der Waals surface area contributed by atoms with Crippen molar-refractivity contribution < 1.29 is 9.21 Å². The lowest BCUT2D eigenvalue weighted by atomic mass is 9.95. The zero-order valence-electron chi connectivity index (χ0n) is 13.7. The Labute approximate surface area is 143 Å². The monoisotopic (exact) mass is 336 g/mol. The maximum absolute atomic E-state index is 12.5.